The Balaban J connectivity index is 1.52. The molecule has 1 amide bonds. The quantitative estimate of drug-likeness (QED) is 0.395. The molecule has 1 heterocycles. The van der Waals surface area contributed by atoms with Crippen LogP contribution in [0.1, 0.15) is 0 Å². The van der Waals surface area contributed by atoms with Crippen LogP contribution in [0.4, 0.5) is 22.7 Å². The second-order valence-corrected chi connectivity index (χ2v) is 7.98. The van der Waals surface area contributed by atoms with Crippen LogP contribution in [0.5, 0.6) is 17.2 Å². The lowest BCUT2D eigenvalue weighted by Gasteiger charge is -2.29. The molecule has 0 aliphatic carbocycles. The molecule has 4 rings (SSSR count). The lowest BCUT2D eigenvalue weighted by atomic mass is 10.2. The van der Waals surface area contributed by atoms with Crippen molar-refractivity contribution in [2.24, 2.45) is 0 Å². The zero-order valence-electron chi connectivity index (χ0n) is 18.8. The van der Waals surface area contributed by atoms with Gasteiger partial charge in [-0.3, -0.25) is 4.79 Å². The van der Waals surface area contributed by atoms with Crippen molar-refractivity contribution in [1.82, 2.24) is 0 Å². The van der Waals surface area contributed by atoms with Crippen molar-refractivity contribution in [2.75, 3.05) is 48.9 Å². The molecule has 0 radical (unpaired) electrons. The third-order valence-corrected chi connectivity index (χ3v) is 5.60. The van der Waals surface area contributed by atoms with Gasteiger partial charge in [0, 0.05) is 48.4 Å². The predicted molar refractivity (Wildman–Crippen MR) is 136 cm³/mol. The molecule has 1 aliphatic heterocycles. The molecule has 1 fully saturated rings. The molecule has 34 heavy (non-hydrogen) atoms. The Hall–Kier alpha value is -3.68. The summed E-state index contributed by atoms with van der Waals surface area (Å²) in [6.07, 6.45) is 1.21. The second-order valence-electron chi connectivity index (χ2n) is 7.58. The summed E-state index contributed by atoms with van der Waals surface area (Å²) in [7, 11) is 1.65. The zero-order valence-corrected chi connectivity index (χ0v) is 19.6. The summed E-state index contributed by atoms with van der Waals surface area (Å²) in [5, 5.41) is 6.55. The molecular formula is C26H26ClN3O4. The first-order valence-corrected chi connectivity index (χ1v) is 11.2. The van der Waals surface area contributed by atoms with Gasteiger partial charge in [0.1, 0.15) is 17.2 Å². The minimum absolute atomic E-state index is 0.296. The molecular weight excluding hydrogens is 454 g/mol. The highest BCUT2D eigenvalue weighted by Gasteiger charge is 2.14. The third kappa shape index (κ3) is 5.81. The number of halogens is 1. The highest BCUT2D eigenvalue weighted by atomic mass is 35.5. The molecule has 8 heteroatoms. The monoisotopic (exact) mass is 479 g/mol. The summed E-state index contributed by atoms with van der Waals surface area (Å²) < 4.78 is 17.1. The SMILES string of the molecule is C=CC(=O)Nc1cccc(Oc2cc(Nc3ccc(N4CCOCC4)cc3OC)ccc2Cl)c1. The number of hydrogen-bond acceptors (Lipinski definition) is 6. The number of methoxy groups -OCH3 is 1. The maximum atomic E-state index is 11.6. The van der Waals surface area contributed by atoms with E-state index in [0.29, 0.717) is 22.2 Å². The van der Waals surface area contributed by atoms with Gasteiger partial charge in [-0.1, -0.05) is 24.2 Å². The number of rotatable bonds is 8. The minimum Gasteiger partial charge on any atom is -0.494 e. The van der Waals surface area contributed by atoms with E-state index in [-0.39, 0.29) is 5.91 Å². The van der Waals surface area contributed by atoms with Crippen LogP contribution in [0.3, 0.4) is 0 Å². The van der Waals surface area contributed by atoms with Gasteiger partial charge in [0.15, 0.2) is 0 Å². The number of nitrogens with zero attached hydrogens (tertiary/aromatic N) is 1. The van der Waals surface area contributed by atoms with Gasteiger partial charge in [0.25, 0.3) is 0 Å². The van der Waals surface area contributed by atoms with Crippen molar-refractivity contribution in [3.63, 3.8) is 0 Å². The number of hydrogen-bond donors (Lipinski definition) is 2. The van der Waals surface area contributed by atoms with E-state index in [4.69, 9.17) is 25.8 Å². The molecule has 1 saturated heterocycles. The van der Waals surface area contributed by atoms with Gasteiger partial charge in [-0.2, -0.15) is 0 Å². The Bertz CT molecular complexity index is 1180. The summed E-state index contributed by atoms with van der Waals surface area (Å²) >= 11 is 6.38. The summed E-state index contributed by atoms with van der Waals surface area (Å²) in [5.74, 6) is 1.44. The summed E-state index contributed by atoms with van der Waals surface area (Å²) in [4.78, 5) is 13.8. The van der Waals surface area contributed by atoms with E-state index in [2.05, 4.69) is 28.2 Å². The smallest absolute Gasteiger partial charge is 0.247 e. The van der Waals surface area contributed by atoms with Crippen molar-refractivity contribution in [1.29, 1.82) is 0 Å². The van der Waals surface area contributed by atoms with E-state index < -0.39 is 0 Å². The Labute approximate surface area is 203 Å². The topological polar surface area (TPSA) is 72.1 Å². The van der Waals surface area contributed by atoms with E-state index in [1.54, 1.807) is 37.4 Å². The standard InChI is InChI=1S/C26H26ClN3O4/c1-3-26(31)29-18-5-4-6-21(15-18)34-24-16-19(7-9-22(24)27)28-23-10-8-20(17-25(23)32-2)30-11-13-33-14-12-30/h3-10,15-17,28H,1,11-14H2,2H3,(H,29,31). The van der Waals surface area contributed by atoms with Gasteiger partial charge >= 0.3 is 0 Å². The molecule has 7 nitrogen and oxygen atoms in total. The van der Waals surface area contributed by atoms with Crippen LogP contribution in [-0.2, 0) is 9.53 Å². The van der Waals surface area contributed by atoms with Gasteiger partial charge in [-0.25, -0.2) is 0 Å². The van der Waals surface area contributed by atoms with Gasteiger partial charge in [-0.05, 0) is 42.5 Å². The Morgan fingerprint density at radius 2 is 1.88 bits per heavy atom. The van der Waals surface area contributed by atoms with E-state index >= 15 is 0 Å². The highest BCUT2D eigenvalue weighted by molar-refractivity contribution is 6.32. The van der Waals surface area contributed by atoms with Gasteiger partial charge in [0.2, 0.25) is 5.91 Å². The molecule has 0 unspecified atom stereocenters. The highest BCUT2D eigenvalue weighted by Crippen LogP contribution is 2.36. The summed E-state index contributed by atoms with van der Waals surface area (Å²) in [6, 6.07) is 18.6. The fourth-order valence-electron chi connectivity index (χ4n) is 3.57. The third-order valence-electron chi connectivity index (χ3n) is 5.29. The molecule has 176 valence electrons. The number of morpholine rings is 1. The van der Waals surface area contributed by atoms with Crippen molar-refractivity contribution in [3.8, 4) is 17.2 Å². The number of amides is 1. The molecule has 0 bridgehead atoms. The first-order chi connectivity index (χ1) is 16.6. The first-order valence-electron chi connectivity index (χ1n) is 10.8. The fraction of sp³-hybridized carbons (Fsp3) is 0.192. The molecule has 1 aliphatic rings. The summed E-state index contributed by atoms with van der Waals surface area (Å²) in [5.41, 5.74) is 3.29. The minimum atomic E-state index is -0.296. The normalized spacial score (nSPS) is 13.2. The van der Waals surface area contributed by atoms with Crippen LogP contribution in [0, 0.1) is 0 Å². The lowest BCUT2D eigenvalue weighted by molar-refractivity contribution is -0.111. The fourth-order valence-corrected chi connectivity index (χ4v) is 3.73. The zero-order chi connectivity index (χ0) is 23.9. The molecule has 0 atom stereocenters. The van der Waals surface area contributed by atoms with Crippen molar-refractivity contribution < 1.29 is 19.0 Å². The average Bonchev–Trinajstić information content (AvgIpc) is 2.87. The summed E-state index contributed by atoms with van der Waals surface area (Å²) in [6.45, 7) is 6.61. The molecule has 3 aromatic rings. The number of nitrogens with one attached hydrogen (secondary N) is 2. The van der Waals surface area contributed by atoms with E-state index in [1.807, 2.05) is 24.3 Å². The number of carbonyl (C=O) groups is 1. The number of benzene rings is 3. The molecule has 0 saturated carbocycles. The molecule has 2 N–H and O–H groups in total. The molecule has 0 spiro atoms. The maximum Gasteiger partial charge on any atom is 0.247 e. The van der Waals surface area contributed by atoms with Crippen molar-refractivity contribution >= 4 is 40.3 Å². The Morgan fingerprint density at radius 1 is 1.06 bits per heavy atom. The van der Waals surface area contributed by atoms with E-state index in [1.165, 1.54) is 6.08 Å². The predicted octanol–water partition coefficient (Wildman–Crippen LogP) is 5.85. The largest absolute Gasteiger partial charge is 0.494 e. The van der Waals surface area contributed by atoms with Crippen LogP contribution in [0.25, 0.3) is 0 Å². The van der Waals surface area contributed by atoms with E-state index in [9.17, 15) is 4.79 Å². The van der Waals surface area contributed by atoms with Crippen molar-refractivity contribution in [2.45, 2.75) is 0 Å². The lowest BCUT2D eigenvalue weighted by Crippen LogP contribution is -2.36. The first kappa shape index (κ1) is 23.5. The average molecular weight is 480 g/mol. The number of anilines is 4. The van der Waals surface area contributed by atoms with Gasteiger partial charge < -0.3 is 29.7 Å². The maximum absolute atomic E-state index is 11.6. The Morgan fingerprint density at radius 3 is 2.65 bits per heavy atom. The molecule has 0 aromatic heterocycles. The van der Waals surface area contributed by atoms with Crippen LogP contribution in [0.2, 0.25) is 5.02 Å². The Kier molecular flexibility index (Phi) is 7.57. The molecule has 3 aromatic carbocycles. The number of carbonyl (C=O) groups excluding carboxylic acids is 1. The van der Waals surface area contributed by atoms with Gasteiger partial charge in [-0.15, -0.1) is 0 Å². The van der Waals surface area contributed by atoms with Crippen LogP contribution in [0.15, 0.2) is 73.3 Å². The van der Waals surface area contributed by atoms with Crippen LogP contribution >= 0.6 is 11.6 Å². The number of ether oxygens (including phenoxy) is 3. The second kappa shape index (κ2) is 11.0. The van der Waals surface area contributed by atoms with E-state index in [0.717, 1.165) is 49.1 Å². The van der Waals surface area contributed by atoms with Crippen molar-refractivity contribution in [3.05, 3.63) is 78.3 Å². The van der Waals surface area contributed by atoms with Crippen LogP contribution in [-0.4, -0.2) is 39.3 Å². The van der Waals surface area contributed by atoms with Crippen LogP contribution < -0.4 is 25.0 Å². The van der Waals surface area contributed by atoms with Gasteiger partial charge in [0.05, 0.1) is 31.0 Å².